The molecule has 1 heterocycles. The normalized spacial score (nSPS) is 10.3. The van der Waals surface area contributed by atoms with Crippen LogP contribution in [0.3, 0.4) is 0 Å². The van der Waals surface area contributed by atoms with Crippen LogP contribution in [-0.2, 0) is 0 Å². The van der Waals surface area contributed by atoms with Crippen molar-refractivity contribution in [2.45, 2.75) is 13.8 Å². The fourth-order valence-corrected chi connectivity index (χ4v) is 2.71. The molecule has 6 heteroatoms. The highest BCUT2D eigenvalue weighted by Gasteiger charge is 2.14. The van der Waals surface area contributed by atoms with Gasteiger partial charge in [0.1, 0.15) is 11.5 Å². The number of nitrogens with one attached hydrogen (secondary N) is 1. The van der Waals surface area contributed by atoms with E-state index in [4.69, 9.17) is 21.1 Å². The van der Waals surface area contributed by atoms with Crippen molar-refractivity contribution < 1.29 is 14.3 Å². The highest BCUT2D eigenvalue weighted by Crippen LogP contribution is 2.33. The third-order valence-corrected chi connectivity index (χ3v) is 4.13. The van der Waals surface area contributed by atoms with Gasteiger partial charge in [0.05, 0.1) is 17.3 Å². The van der Waals surface area contributed by atoms with E-state index >= 15 is 0 Å². The standard InChI is InChI=1S/C21H19ClN2O3/c1-3-26-20-17(22)5-4-6-18(20)24-21(25)15-8-7-14(2)19(13-15)27-16-9-11-23-12-10-16/h4-13H,3H2,1-2H3,(H,24,25). The number of rotatable bonds is 6. The number of halogens is 1. The van der Waals surface area contributed by atoms with Gasteiger partial charge in [0.25, 0.3) is 5.91 Å². The summed E-state index contributed by atoms with van der Waals surface area (Å²) in [7, 11) is 0. The highest BCUT2D eigenvalue weighted by molar-refractivity contribution is 6.32. The molecule has 0 atom stereocenters. The van der Waals surface area contributed by atoms with Gasteiger partial charge in [-0.3, -0.25) is 9.78 Å². The van der Waals surface area contributed by atoms with Crippen LogP contribution in [0.1, 0.15) is 22.8 Å². The van der Waals surface area contributed by atoms with Gasteiger partial charge in [0.15, 0.2) is 5.75 Å². The van der Waals surface area contributed by atoms with Crippen molar-refractivity contribution in [2.75, 3.05) is 11.9 Å². The van der Waals surface area contributed by atoms with E-state index in [0.29, 0.717) is 40.1 Å². The van der Waals surface area contributed by atoms with E-state index in [1.807, 2.05) is 19.9 Å². The van der Waals surface area contributed by atoms with E-state index in [0.717, 1.165) is 5.56 Å². The minimum Gasteiger partial charge on any atom is -0.490 e. The van der Waals surface area contributed by atoms with E-state index in [1.165, 1.54) is 0 Å². The number of benzene rings is 2. The lowest BCUT2D eigenvalue weighted by atomic mass is 10.1. The summed E-state index contributed by atoms with van der Waals surface area (Å²) in [5.41, 5.74) is 1.90. The van der Waals surface area contributed by atoms with E-state index < -0.39 is 0 Å². The predicted molar refractivity (Wildman–Crippen MR) is 106 cm³/mol. The molecule has 138 valence electrons. The van der Waals surface area contributed by atoms with Gasteiger partial charge in [-0.05, 0) is 55.8 Å². The number of carbonyl (C=O) groups excluding carboxylic acids is 1. The molecule has 1 aromatic heterocycles. The number of aromatic nitrogens is 1. The zero-order chi connectivity index (χ0) is 19.2. The zero-order valence-corrected chi connectivity index (χ0v) is 15.8. The first-order valence-electron chi connectivity index (χ1n) is 8.49. The van der Waals surface area contributed by atoms with E-state index in [9.17, 15) is 4.79 Å². The summed E-state index contributed by atoms with van der Waals surface area (Å²) in [5, 5.41) is 3.29. The third-order valence-electron chi connectivity index (χ3n) is 3.83. The Balaban J connectivity index is 1.84. The molecule has 0 unspecified atom stereocenters. The summed E-state index contributed by atoms with van der Waals surface area (Å²) >= 11 is 6.17. The van der Waals surface area contributed by atoms with Crippen molar-refractivity contribution in [3.05, 3.63) is 77.1 Å². The van der Waals surface area contributed by atoms with Crippen LogP contribution in [0.5, 0.6) is 17.2 Å². The lowest BCUT2D eigenvalue weighted by Gasteiger charge is -2.14. The summed E-state index contributed by atoms with van der Waals surface area (Å²) in [6, 6.07) is 14.0. The predicted octanol–water partition coefficient (Wildman–Crippen LogP) is 5.49. The fraction of sp³-hybridized carbons (Fsp3) is 0.143. The van der Waals surface area contributed by atoms with Crippen molar-refractivity contribution in [3.63, 3.8) is 0 Å². The van der Waals surface area contributed by atoms with E-state index in [1.54, 1.807) is 54.9 Å². The van der Waals surface area contributed by atoms with Crippen molar-refractivity contribution in [3.8, 4) is 17.2 Å². The molecular formula is C21H19ClN2O3. The van der Waals surface area contributed by atoms with Crippen LogP contribution in [0.2, 0.25) is 5.02 Å². The molecule has 5 nitrogen and oxygen atoms in total. The van der Waals surface area contributed by atoms with Crippen molar-refractivity contribution in [1.29, 1.82) is 0 Å². The molecule has 3 aromatic rings. The average molecular weight is 383 g/mol. The van der Waals surface area contributed by atoms with Gasteiger partial charge in [0, 0.05) is 18.0 Å². The van der Waals surface area contributed by atoms with Crippen LogP contribution in [-0.4, -0.2) is 17.5 Å². The second kappa shape index (κ2) is 8.56. The first kappa shape index (κ1) is 18.7. The molecule has 0 aliphatic rings. The Morgan fingerprint density at radius 3 is 2.67 bits per heavy atom. The Bertz CT molecular complexity index is 945. The maximum atomic E-state index is 12.7. The highest BCUT2D eigenvalue weighted by atomic mass is 35.5. The SMILES string of the molecule is CCOc1c(Cl)cccc1NC(=O)c1ccc(C)c(Oc2ccncc2)c1. The van der Waals surface area contributed by atoms with Crippen molar-refractivity contribution in [1.82, 2.24) is 4.98 Å². The van der Waals surface area contributed by atoms with Gasteiger partial charge in [-0.2, -0.15) is 0 Å². The number of anilines is 1. The van der Waals surface area contributed by atoms with Crippen LogP contribution in [0, 0.1) is 6.92 Å². The van der Waals surface area contributed by atoms with Crippen molar-refractivity contribution in [2.24, 2.45) is 0 Å². The van der Waals surface area contributed by atoms with Gasteiger partial charge in [0.2, 0.25) is 0 Å². The number of hydrogen-bond donors (Lipinski definition) is 1. The van der Waals surface area contributed by atoms with Gasteiger partial charge in [-0.25, -0.2) is 0 Å². The number of aryl methyl sites for hydroxylation is 1. The first-order valence-corrected chi connectivity index (χ1v) is 8.87. The van der Waals surface area contributed by atoms with E-state index in [-0.39, 0.29) is 5.91 Å². The van der Waals surface area contributed by atoms with Crippen LogP contribution in [0.25, 0.3) is 0 Å². The molecule has 1 N–H and O–H groups in total. The maximum absolute atomic E-state index is 12.7. The van der Waals surface area contributed by atoms with Gasteiger partial charge in [-0.1, -0.05) is 23.7 Å². The lowest BCUT2D eigenvalue weighted by molar-refractivity contribution is 0.102. The number of ether oxygens (including phenoxy) is 2. The monoisotopic (exact) mass is 382 g/mol. The Morgan fingerprint density at radius 1 is 1.15 bits per heavy atom. The molecule has 27 heavy (non-hydrogen) atoms. The zero-order valence-electron chi connectivity index (χ0n) is 15.0. The summed E-state index contributed by atoms with van der Waals surface area (Å²) in [5.74, 6) is 1.43. The Hall–Kier alpha value is -3.05. The molecule has 0 bridgehead atoms. The molecule has 0 saturated carbocycles. The molecule has 1 amide bonds. The fourth-order valence-electron chi connectivity index (χ4n) is 2.48. The lowest BCUT2D eigenvalue weighted by Crippen LogP contribution is -2.13. The minimum absolute atomic E-state index is 0.280. The maximum Gasteiger partial charge on any atom is 0.255 e. The molecule has 0 aliphatic heterocycles. The number of pyridine rings is 1. The second-order valence-corrected chi connectivity index (χ2v) is 6.18. The molecule has 0 aliphatic carbocycles. The number of carbonyl (C=O) groups is 1. The molecular weight excluding hydrogens is 364 g/mol. The summed E-state index contributed by atoms with van der Waals surface area (Å²) in [6.45, 7) is 4.22. The number of amides is 1. The molecule has 3 rings (SSSR count). The third kappa shape index (κ3) is 4.57. The molecule has 0 spiro atoms. The first-order chi connectivity index (χ1) is 13.1. The average Bonchev–Trinajstić information content (AvgIpc) is 2.67. The van der Waals surface area contributed by atoms with Gasteiger partial charge in [-0.15, -0.1) is 0 Å². The smallest absolute Gasteiger partial charge is 0.255 e. The molecule has 0 saturated heterocycles. The minimum atomic E-state index is -0.280. The molecule has 0 fully saturated rings. The van der Waals surface area contributed by atoms with Gasteiger partial charge < -0.3 is 14.8 Å². The number of para-hydroxylation sites is 1. The second-order valence-electron chi connectivity index (χ2n) is 5.77. The molecule has 0 radical (unpaired) electrons. The Morgan fingerprint density at radius 2 is 1.93 bits per heavy atom. The van der Waals surface area contributed by atoms with E-state index in [2.05, 4.69) is 10.3 Å². The quantitative estimate of drug-likeness (QED) is 0.612. The topological polar surface area (TPSA) is 60.5 Å². The largest absolute Gasteiger partial charge is 0.490 e. The number of hydrogen-bond acceptors (Lipinski definition) is 4. The van der Waals surface area contributed by atoms with Crippen LogP contribution in [0.15, 0.2) is 60.9 Å². The number of nitrogens with zero attached hydrogens (tertiary/aromatic N) is 1. The summed E-state index contributed by atoms with van der Waals surface area (Å²) < 4.78 is 11.4. The molecule has 2 aromatic carbocycles. The summed E-state index contributed by atoms with van der Waals surface area (Å²) in [6.07, 6.45) is 3.30. The van der Waals surface area contributed by atoms with Crippen molar-refractivity contribution >= 4 is 23.2 Å². The Kier molecular flexibility index (Phi) is 5.94. The Labute approximate surface area is 162 Å². The van der Waals surface area contributed by atoms with Crippen LogP contribution in [0.4, 0.5) is 5.69 Å². The van der Waals surface area contributed by atoms with Crippen LogP contribution < -0.4 is 14.8 Å². The van der Waals surface area contributed by atoms with Gasteiger partial charge >= 0.3 is 0 Å². The van der Waals surface area contributed by atoms with Crippen LogP contribution >= 0.6 is 11.6 Å². The summed E-state index contributed by atoms with van der Waals surface area (Å²) in [4.78, 5) is 16.7.